The molecule has 30 heavy (non-hydrogen) atoms. The summed E-state index contributed by atoms with van der Waals surface area (Å²) in [5.74, 6) is -0.659. The van der Waals surface area contributed by atoms with Crippen molar-refractivity contribution in [3.05, 3.63) is 59.6 Å². The van der Waals surface area contributed by atoms with E-state index in [4.69, 9.17) is 0 Å². The van der Waals surface area contributed by atoms with Crippen molar-refractivity contribution in [2.75, 3.05) is 38.5 Å². The molecule has 10 heteroatoms. The molecule has 0 radical (unpaired) electrons. The van der Waals surface area contributed by atoms with Crippen LogP contribution in [0.3, 0.4) is 0 Å². The predicted octanol–water partition coefficient (Wildman–Crippen LogP) is 0.537. The van der Waals surface area contributed by atoms with E-state index in [0.717, 1.165) is 5.56 Å². The molecular weight excluding hydrogens is 411 g/mol. The van der Waals surface area contributed by atoms with Gasteiger partial charge in [0.15, 0.2) is 5.84 Å². The molecule has 158 valence electrons. The topological polar surface area (TPSA) is 90.4 Å². The minimum absolute atomic E-state index is 0.0811. The highest BCUT2D eigenvalue weighted by Gasteiger charge is 2.33. The Morgan fingerprint density at radius 1 is 1.00 bits per heavy atom. The number of allylic oxidation sites excluding steroid dienone is 2. The van der Waals surface area contributed by atoms with Crippen molar-refractivity contribution in [2.24, 2.45) is 4.40 Å². The number of halogens is 1. The number of benzene rings is 1. The Hall–Kier alpha value is -3.01. The second kappa shape index (κ2) is 8.02. The highest BCUT2D eigenvalue weighted by molar-refractivity contribution is 7.90. The van der Waals surface area contributed by atoms with Crippen LogP contribution in [0.1, 0.15) is 5.56 Å². The zero-order valence-corrected chi connectivity index (χ0v) is 17.0. The molecule has 1 saturated heterocycles. The highest BCUT2D eigenvalue weighted by Crippen LogP contribution is 2.20. The standard InChI is InChI=1S/C20H21FN4O4S/c21-16-5-3-15(4-6-16)14-18(26)23-8-10-25(11-9-23)20(27)17-2-1-7-24-12-13-30(28,29)22-19(17)24/h1-7H,8-14H2. The van der Waals surface area contributed by atoms with Crippen LogP contribution in [0.25, 0.3) is 0 Å². The minimum Gasteiger partial charge on any atom is -0.339 e. The van der Waals surface area contributed by atoms with E-state index >= 15 is 0 Å². The van der Waals surface area contributed by atoms with Crippen LogP contribution in [0.5, 0.6) is 0 Å². The highest BCUT2D eigenvalue weighted by atomic mass is 32.2. The Kier molecular flexibility index (Phi) is 5.42. The van der Waals surface area contributed by atoms with Gasteiger partial charge in [-0.3, -0.25) is 9.59 Å². The van der Waals surface area contributed by atoms with Crippen LogP contribution in [-0.4, -0.2) is 79.2 Å². The van der Waals surface area contributed by atoms with Gasteiger partial charge in [0.05, 0.1) is 17.7 Å². The summed E-state index contributed by atoms with van der Waals surface area (Å²) in [6, 6.07) is 5.81. The average Bonchev–Trinajstić information content (AvgIpc) is 2.74. The molecule has 0 spiro atoms. The van der Waals surface area contributed by atoms with E-state index in [2.05, 4.69) is 4.40 Å². The number of hydrogen-bond donors (Lipinski definition) is 0. The van der Waals surface area contributed by atoms with Crippen molar-refractivity contribution >= 4 is 27.7 Å². The lowest BCUT2D eigenvalue weighted by Crippen LogP contribution is -2.52. The molecule has 0 aromatic heterocycles. The van der Waals surface area contributed by atoms with Crippen LogP contribution < -0.4 is 0 Å². The van der Waals surface area contributed by atoms with Gasteiger partial charge in [-0.25, -0.2) is 12.8 Å². The zero-order valence-electron chi connectivity index (χ0n) is 16.2. The first-order chi connectivity index (χ1) is 14.3. The second-order valence-electron chi connectivity index (χ2n) is 7.29. The molecule has 2 amide bonds. The van der Waals surface area contributed by atoms with E-state index in [0.29, 0.717) is 26.2 Å². The maximum atomic E-state index is 13.0. The summed E-state index contributed by atoms with van der Waals surface area (Å²) in [5.41, 5.74) is 0.975. The van der Waals surface area contributed by atoms with Gasteiger partial charge in [0.2, 0.25) is 5.91 Å². The van der Waals surface area contributed by atoms with Crippen LogP contribution in [0.4, 0.5) is 4.39 Å². The Morgan fingerprint density at radius 2 is 1.67 bits per heavy atom. The van der Waals surface area contributed by atoms with E-state index < -0.39 is 10.0 Å². The third-order valence-electron chi connectivity index (χ3n) is 5.28. The monoisotopic (exact) mass is 432 g/mol. The molecule has 1 fully saturated rings. The third kappa shape index (κ3) is 4.28. The summed E-state index contributed by atoms with van der Waals surface area (Å²) in [7, 11) is -3.58. The lowest BCUT2D eigenvalue weighted by atomic mass is 10.1. The van der Waals surface area contributed by atoms with Crippen molar-refractivity contribution in [1.82, 2.24) is 14.7 Å². The molecule has 0 bridgehead atoms. The summed E-state index contributed by atoms with van der Waals surface area (Å²) >= 11 is 0. The molecule has 0 aliphatic carbocycles. The van der Waals surface area contributed by atoms with Gasteiger partial charge in [0.1, 0.15) is 5.82 Å². The first kappa shape index (κ1) is 20.3. The van der Waals surface area contributed by atoms with Gasteiger partial charge >= 0.3 is 0 Å². The summed E-state index contributed by atoms with van der Waals surface area (Å²) in [5, 5.41) is 0. The van der Waals surface area contributed by atoms with Gasteiger partial charge in [0.25, 0.3) is 15.9 Å². The number of rotatable bonds is 3. The molecule has 3 heterocycles. The molecule has 1 aromatic rings. The normalized spacial score (nSPS) is 20.4. The fourth-order valence-electron chi connectivity index (χ4n) is 3.60. The Morgan fingerprint density at radius 3 is 2.37 bits per heavy atom. The number of carbonyl (C=O) groups excluding carboxylic acids is 2. The van der Waals surface area contributed by atoms with Crippen LogP contribution in [0, 0.1) is 5.82 Å². The van der Waals surface area contributed by atoms with E-state index in [9.17, 15) is 22.4 Å². The van der Waals surface area contributed by atoms with Crippen molar-refractivity contribution in [2.45, 2.75) is 6.42 Å². The lowest BCUT2D eigenvalue weighted by molar-refractivity contribution is -0.137. The summed E-state index contributed by atoms with van der Waals surface area (Å²) < 4.78 is 40.6. The van der Waals surface area contributed by atoms with Gasteiger partial charge in [-0.2, -0.15) is 0 Å². The molecule has 4 rings (SSSR count). The number of carbonyl (C=O) groups is 2. The quantitative estimate of drug-likeness (QED) is 0.695. The Balaban J connectivity index is 1.39. The Labute approximate surface area is 174 Å². The molecule has 8 nitrogen and oxygen atoms in total. The van der Waals surface area contributed by atoms with E-state index in [1.54, 1.807) is 45.2 Å². The number of hydrogen-bond acceptors (Lipinski definition) is 5. The van der Waals surface area contributed by atoms with E-state index in [-0.39, 0.29) is 47.8 Å². The molecule has 0 N–H and O–H groups in total. The maximum Gasteiger partial charge on any atom is 0.257 e. The van der Waals surface area contributed by atoms with Gasteiger partial charge in [0, 0.05) is 38.9 Å². The minimum atomic E-state index is -3.58. The van der Waals surface area contributed by atoms with Gasteiger partial charge < -0.3 is 14.7 Å². The zero-order chi connectivity index (χ0) is 21.3. The fraction of sp³-hybridized carbons (Fsp3) is 0.350. The van der Waals surface area contributed by atoms with Crippen LogP contribution in [-0.2, 0) is 26.0 Å². The maximum absolute atomic E-state index is 13.0. The van der Waals surface area contributed by atoms with Crippen molar-refractivity contribution in [1.29, 1.82) is 0 Å². The van der Waals surface area contributed by atoms with Gasteiger partial charge in [-0.05, 0) is 29.8 Å². The second-order valence-corrected chi connectivity index (χ2v) is 9.05. The predicted molar refractivity (Wildman–Crippen MR) is 108 cm³/mol. The first-order valence-corrected chi connectivity index (χ1v) is 11.2. The number of nitrogens with zero attached hydrogens (tertiary/aromatic N) is 4. The number of amides is 2. The number of sulfonamides is 1. The first-order valence-electron chi connectivity index (χ1n) is 9.62. The van der Waals surface area contributed by atoms with Crippen LogP contribution >= 0.6 is 0 Å². The molecule has 0 unspecified atom stereocenters. The molecule has 3 aliphatic rings. The number of fused-ring (bicyclic) bond motifs is 1. The van der Waals surface area contributed by atoms with Crippen molar-refractivity contribution in [3.8, 4) is 0 Å². The van der Waals surface area contributed by atoms with Gasteiger partial charge in [-0.1, -0.05) is 12.1 Å². The molecule has 0 atom stereocenters. The van der Waals surface area contributed by atoms with Crippen LogP contribution in [0.15, 0.2) is 52.6 Å². The van der Waals surface area contributed by atoms with Crippen molar-refractivity contribution in [3.63, 3.8) is 0 Å². The number of piperazine rings is 1. The summed E-state index contributed by atoms with van der Waals surface area (Å²) in [6.45, 7) is 1.70. The summed E-state index contributed by atoms with van der Waals surface area (Å²) in [4.78, 5) is 30.5. The number of amidine groups is 1. The van der Waals surface area contributed by atoms with E-state index in [1.165, 1.54) is 12.1 Å². The van der Waals surface area contributed by atoms with Gasteiger partial charge in [-0.15, -0.1) is 4.40 Å². The summed E-state index contributed by atoms with van der Waals surface area (Å²) in [6.07, 6.45) is 5.15. The largest absolute Gasteiger partial charge is 0.339 e. The third-order valence-corrected chi connectivity index (χ3v) is 6.43. The fourth-order valence-corrected chi connectivity index (χ4v) is 4.59. The van der Waals surface area contributed by atoms with Crippen LogP contribution in [0.2, 0.25) is 0 Å². The van der Waals surface area contributed by atoms with Crippen molar-refractivity contribution < 1.29 is 22.4 Å². The smallest absolute Gasteiger partial charge is 0.257 e. The Bertz CT molecular complexity index is 1050. The molecular formula is C20H21FN4O4S. The van der Waals surface area contributed by atoms with E-state index in [1.807, 2.05) is 0 Å². The molecule has 0 saturated carbocycles. The molecule has 3 aliphatic heterocycles. The SMILES string of the molecule is O=C(Cc1ccc(F)cc1)N1CCN(C(=O)C2=CC=CN3CCS(=O)(=O)N=C23)CC1. The average molecular weight is 432 g/mol. The lowest BCUT2D eigenvalue weighted by Gasteiger charge is -2.36. The molecule has 1 aromatic carbocycles.